The molecular formula is C20H21N3. The van der Waals surface area contributed by atoms with Crippen LogP contribution in [0.1, 0.15) is 23.2 Å². The van der Waals surface area contributed by atoms with Crippen LogP contribution in [0.5, 0.6) is 0 Å². The molecule has 23 heavy (non-hydrogen) atoms. The van der Waals surface area contributed by atoms with Gasteiger partial charge in [0, 0.05) is 44.6 Å². The summed E-state index contributed by atoms with van der Waals surface area (Å²) in [5, 5.41) is 0. The van der Waals surface area contributed by atoms with Gasteiger partial charge in [-0.05, 0) is 29.5 Å². The average molecular weight is 303 g/mol. The van der Waals surface area contributed by atoms with Gasteiger partial charge in [-0.25, -0.2) is 0 Å². The molecule has 1 aliphatic heterocycles. The molecule has 0 fully saturated rings. The van der Waals surface area contributed by atoms with Crippen molar-refractivity contribution in [3.63, 3.8) is 0 Å². The van der Waals surface area contributed by atoms with Gasteiger partial charge < -0.3 is 0 Å². The molecule has 1 aromatic carbocycles. The Labute approximate surface area is 137 Å². The van der Waals surface area contributed by atoms with Gasteiger partial charge in [0.15, 0.2) is 0 Å². The summed E-state index contributed by atoms with van der Waals surface area (Å²) in [6, 6.07) is 8.80. The molecule has 0 unspecified atom stereocenters. The van der Waals surface area contributed by atoms with Gasteiger partial charge in [-0.1, -0.05) is 42.0 Å². The fourth-order valence-electron chi connectivity index (χ4n) is 3.56. The lowest BCUT2D eigenvalue weighted by Crippen LogP contribution is -2.21. The van der Waals surface area contributed by atoms with E-state index in [4.69, 9.17) is 0 Å². The van der Waals surface area contributed by atoms with Crippen LogP contribution >= 0.6 is 0 Å². The molecule has 0 bridgehead atoms. The standard InChI is InChI=1S/C20H21N3/c1-2-6-19-16(5-1)13-17(7-12-23-10-3-4-11-23)20(19)14-18-15-21-8-9-22-18/h1-6,8-9,15H,7,10-14H2. The van der Waals surface area contributed by atoms with Crippen LogP contribution in [0.4, 0.5) is 0 Å². The van der Waals surface area contributed by atoms with Crippen LogP contribution in [0.15, 0.2) is 60.6 Å². The van der Waals surface area contributed by atoms with Crippen molar-refractivity contribution in [2.75, 3.05) is 19.6 Å². The maximum absolute atomic E-state index is 4.47. The highest BCUT2D eigenvalue weighted by Crippen LogP contribution is 2.36. The Balaban J connectivity index is 1.58. The Bertz CT molecular complexity index is 738. The normalized spacial score (nSPS) is 17.0. The molecule has 0 atom stereocenters. The summed E-state index contributed by atoms with van der Waals surface area (Å²) in [6.45, 7) is 3.33. The van der Waals surface area contributed by atoms with E-state index in [0.29, 0.717) is 0 Å². The Morgan fingerprint density at radius 2 is 1.91 bits per heavy atom. The topological polar surface area (TPSA) is 29.0 Å². The number of hydrogen-bond acceptors (Lipinski definition) is 3. The first-order valence-electron chi connectivity index (χ1n) is 8.31. The molecule has 1 aliphatic carbocycles. The van der Waals surface area contributed by atoms with Crippen molar-refractivity contribution in [1.82, 2.24) is 14.9 Å². The predicted octanol–water partition coefficient (Wildman–Crippen LogP) is 3.29. The minimum atomic E-state index is 0.887. The van der Waals surface area contributed by atoms with Crippen molar-refractivity contribution in [3.8, 4) is 0 Å². The molecule has 0 radical (unpaired) electrons. The van der Waals surface area contributed by atoms with Crippen molar-refractivity contribution in [1.29, 1.82) is 0 Å². The number of rotatable bonds is 5. The van der Waals surface area contributed by atoms with Crippen molar-refractivity contribution in [3.05, 3.63) is 77.4 Å². The van der Waals surface area contributed by atoms with Gasteiger partial charge in [0.2, 0.25) is 0 Å². The van der Waals surface area contributed by atoms with E-state index in [1.165, 1.54) is 16.7 Å². The maximum Gasteiger partial charge on any atom is 0.0630 e. The fourth-order valence-corrected chi connectivity index (χ4v) is 3.56. The number of benzene rings is 1. The van der Waals surface area contributed by atoms with E-state index in [9.17, 15) is 0 Å². The molecule has 2 aliphatic rings. The number of nitrogens with zero attached hydrogens (tertiary/aromatic N) is 3. The third-order valence-corrected chi connectivity index (χ3v) is 4.77. The minimum absolute atomic E-state index is 0.887. The summed E-state index contributed by atoms with van der Waals surface area (Å²) < 4.78 is 0. The highest BCUT2D eigenvalue weighted by molar-refractivity contribution is 5.77. The summed E-state index contributed by atoms with van der Waals surface area (Å²) in [7, 11) is 0. The summed E-state index contributed by atoms with van der Waals surface area (Å²) in [4.78, 5) is 11.2. The molecule has 0 spiro atoms. The summed E-state index contributed by atoms with van der Waals surface area (Å²) in [5.41, 5.74) is 6.96. The maximum atomic E-state index is 4.47. The zero-order valence-corrected chi connectivity index (χ0v) is 13.3. The zero-order chi connectivity index (χ0) is 15.5. The van der Waals surface area contributed by atoms with Crippen molar-refractivity contribution >= 4 is 5.57 Å². The molecule has 2 aromatic rings. The van der Waals surface area contributed by atoms with Crippen LogP contribution in [0.2, 0.25) is 0 Å². The third kappa shape index (κ3) is 3.10. The Kier molecular flexibility index (Phi) is 4.03. The Morgan fingerprint density at radius 1 is 1.04 bits per heavy atom. The van der Waals surface area contributed by atoms with E-state index in [1.807, 2.05) is 6.20 Å². The zero-order valence-electron chi connectivity index (χ0n) is 13.3. The van der Waals surface area contributed by atoms with Gasteiger partial charge in [-0.15, -0.1) is 0 Å². The molecule has 0 N–H and O–H groups in total. The summed E-state index contributed by atoms with van der Waals surface area (Å²) in [5.74, 6) is 0. The smallest absolute Gasteiger partial charge is 0.0630 e. The lowest BCUT2D eigenvalue weighted by molar-refractivity contribution is 0.356. The number of allylic oxidation sites excluding steroid dienone is 1. The van der Waals surface area contributed by atoms with Crippen molar-refractivity contribution in [2.45, 2.75) is 19.3 Å². The third-order valence-electron chi connectivity index (χ3n) is 4.77. The minimum Gasteiger partial charge on any atom is -0.296 e. The average Bonchev–Trinajstić information content (AvgIpc) is 3.22. The van der Waals surface area contributed by atoms with Crippen LogP contribution in [-0.4, -0.2) is 34.5 Å². The van der Waals surface area contributed by atoms with Gasteiger partial charge in [-0.3, -0.25) is 14.9 Å². The summed E-state index contributed by atoms with van der Waals surface area (Å²) in [6.07, 6.45) is 13.1. The highest BCUT2D eigenvalue weighted by Gasteiger charge is 2.22. The highest BCUT2D eigenvalue weighted by atomic mass is 15.1. The largest absolute Gasteiger partial charge is 0.296 e. The number of hydrogen-bond donors (Lipinski definition) is 0. The molecule has 2 heterocycles. The molecule has 0 saturated heterocycles. The molecule has 1 aromatic heterocycles. The summed E-state index contributed by atoms with van der Waals surface area (Å²) >= 11 is 0. The number of fused-ring (bicyclic) bond motifs is 1. The van der Waals surface area contributed by atoms with Gasteiger partial charge in [0.1, 0.15) is 0 Å². The first-order valence-corrected chi connectivity index (χ1v) is 8.31. The molecule has 3 heteroatoms. The van der Waals surface area contributed by atoms with E-state index in [1.54, 1.807) is 18.0 Å². The molecule has 0 amide bonds. The predicted molar refractivity (Wildman–Crippen MR) is 93.0 cm³/mol. The fraction of sp³-hybridized carbons (Fsp3) is 0.300. The monoisotopic (exact) mass is 303 g/mol. The van der Waals surface area contributed by atoms with Crippen molar-refractivity contribution < 1.29 is 0 Å². The molecule has 0 saturated carbocycles. The molecule has 4 rings (SSSR count). The van der Waals surface area contributed by atoms with E-state index >= 15 is 0 Å². The van der Waals surface area contributed by atoms with Crippen LogP contribution in [0, 0.1) is 0 Å². The Morgan fingerprint density at radius 3 is 2.74 bits per heavy atom. The van der Waals surface area contributed by atoms with Crippen LogP contribution in [0.25, 0.3) is 5.57 Å². The van der Waals surface area contributed by atoms with Crippen LogP contribution < -0.4 is 0 Å². The Hall–Kier alpha value is -2.26. The van der Waals surface area contributed by atoms with Gasteiger partial charge in [-0.2, -0.15) is 0 Å². The number of aromatic nitrogens is 2. The second kappa shape index (κ2) is 6.47. The van der Waals surface area contributed by atoms with E-state index in [0.717, 1.165) is 44.6 Å². The molecular weight excluding hydrogens is 282 g/mol. The first-order chi connectivity index (χ1) is 11.4. The van der Waals surface area contributed by atoms with Crippen LogP contribution in [-0.2, 0) is 12.8 Å². The molecule has 3 nitrogen and oxygen atoms in total. The first kappa shape index (κ1) is 14.3. The van der Waals surface area contributed by atoms with E-state index in [-0.39, 0.29) is 0 Å². The van der Waals surface area contributed by atoms with Crippen molar-refractivity contribution in [2.24, 2.45) is 0 Å². The lowest BCUT2D eigenvalue weighted by atomic mass is 9.99. The van der Waals surface area contributed by atoms with Gasteiger partial charge in [0.05, 0.1) is 5.69 Å². The van der Waals surface area contributed by atoms with Crippen LogP contribution in [0.3, 0.4) is 0 Å². The SMILES string of the molecule is C1=CCN(CCC2=C(Cc3cnccn3)c3ccccc3C2)C1. The quantitative estimate of drug-likeness (QED) is 0.794. The van der Waals surface area contributed by atoms with E-state index < -0.39 is 0 Å². The second-order valence-electron chi connectivity index (χ2n) is 6.27. The van der Waals surface area contributed by atoms with Gasteiger partial charge in [0.25, 0.3) is 0 Å². The lowest BCUT2D eigenvalue weighted by Gasteiger charge is -2.16. The second-order valence-corrected chi connectivity index (χ2v) is 6.27. The molecule has 116 valence electrons. The van der Waals surface area contributed by atoms with Gasteiger partial charge >= 0.3 is 0 Å². The van der Waals surface area contributed by atoms with E-state index in [2.05, 4.69) is 51.3 Å².